The largest absolute Gasteiger partial charge is 0.459 e. The van der Waals surface area contributed by atoms with Crippen LogP contribution in [0.2, 0.25) is 0 Å². The van der Waals surface area contributed by atoms with Crippen molar-refractivity contribution < 1.29 is 18.9 Å². The molecule has 1 aliphatic rings. The second-order valence-electron chi connectivity index (χ2n) is 6.19. The Morgan fingerprint density at radius 3 is 2.29 bits per heavy atom. The van der Waals surface area contributed by atoms with Crippen LogP contribution < -0.4 is 10.2 Å². The maximum absolute atomic E-state index is 13.0. The Hall–Kier alpha value is -2.40. The van der Waals surface area contributed by atoms with Gasteiger partial charge in [0.2, 0.25) is 11.9 Å². The normalized spacial score (nSPS) is 17.0. The third-order valence-corrected chi connectivity index (χ3v) is 4.49. The van der Waals surface area contributed by atoms with Crippen LogP contribution in [-0.2, 0) is 0 Å². The van der Waals surface area contributed by atoms with Crippen LogP contribution in [0.25, 0.3) is 0 Å². The van der Waals surface area contributed by atoms with Crippen molar-refractivity contribution in [3.05, 3.63) is 60.1 Å². The number of Topliss-reactive ketones (excluding diaryl/α,β-unsaturated/α-hetero) is 1. The lowest BCUT2D eigenvalue weighted by atomic mass is 10.1. The van der Waals surface area contributed by atoms with Crippen molar-refractivity contribution in [3.8, 4) is 0 Å². The lowest BCUT2D eigenvalue weighted by molar-refractivity contribution is -0.916. The number of quaternary nitrogens is 1. The Bertz CT molecular complexity index is 659. The van der Waals surface area contributed by atoms with Gasteiger partial charge in [-0.05, 0) is 37.8 Å². The van der Waals surface area contributed by atoms with Gasteiger partial charge in [0, 0.05) is 5.56 Å². The molecule has 126 valence electrons. The average molecular weight is 327 g/mol. The van der Waals surface area contributed by atoms with Gasteiger partial charge in [-0.2, -0.15) is 0 Å². The fourth-order valence-corrected chi connectivity index (χ4v) is 3.20. The van der Waals surface area contributed by atoms with Gasteiger partial charge < -0.3 is 9.32 Å². The van der Waals surface area contributed by atoms with Crippen molar-refractivity contribution in [1.82, 2.24) is 5.32 Å². The molecular formula is C19H23N2O3+. The Kier molecular flexibility index (Phi) is 5.43. The highest BCUT2D eigenvalue weighted by Crippen LogP contribution is 2.06. The number of rotatable bonds is 5. The topological polar surface area (TPSA) is 63.8 Å². The second-order valence-corrected chi connectivity index (χ2v) is 6.19. The summed E-state index contributed by atoms with van der Waals surface area (Å²) in [5, 5.41) is 2.90. The summed E-state index contributed by atoms with van der Waals surface area (Å²) in [6.45, 7) is 1.78. The smallest absolute Gasteiger partial charge is 0.291 e. The highest BCUT2D eigenvalue weighted by molar-refractivity contribution is 6.02. The summed E-state index contributed by atoms with van der Waals surface area (Å²) < 4.78 is 5.16. The van der Waals surface area contributed by atoms with Crippen LogP contribution in [0, 0.1) is 0 Å². The van der Waals surface area contributed by atoms with E-state index in [1.165, 1.54) is 19.1 Å². The third-order valence-electron chi connectivity index (χ3n) is 4.49. The maximum atomic E-state index is 13.0. The fraction of sp³-hybridized carbons (Fsp3) is 0.368. The zero-order valence-electron chi connectivity index (χ0n) is 13.7. The predicted molar refractivity (Wildman–Crippen MR) is 89.9 cm³/mol. The number of hydrogen-bond donors (Lipinski definition) is 2. The van der Waals surface area contributed by atoms with E-state index in [0.29, 0.717) is 5.56 Å². The minimum absolute atomic E-state index is 0.0487. The van der Waals surface area contributed by atoms with Crippen LogP contribution >= 0.6 is 0 Å². The average Bonchev–Trinajstić information content (AvgIpc) is 3.03. The summed E-state index contributed by atoms with van der Waals surface area (Å²) in [5.74, 6) is -0.159. The molecule has 1 fully saturated rings. The number of hydrogen-bond acceptors (Lipinski definition) is 3. The molecule has 3 rings (SSSR count). The van der Waals surface area contributed by atoms with Gasteiger partial charge in [0.15, 0.2) is 5.76 Å². The van der Waals surface area contributed by atoms with E-state index in [1.807, 2.05) is 18.2 Å². The first-order chi connectivity index (χ1) is 11.8. The summed E-state index contributed by atoms with van der Waals surface area (Å²) in [5.41, 5.74) is 0.624. The summed E-state index contributed by atoms with van der Waals surface area (Å²) in [7, 11) is 0. The molecule has 0 spiro atoms. The number of nitrogens with one attached hydrogen (secondary N) is 2. The zero-order chi connectivity index (χ0) is 16.8. The number of amides is 1. The molecule has 2 N–H and O–H groups in total. The number of carbonyl (C=O) groups excluding carboxylic acids is 2. The molecule has 5 heteroatoms. The first kappa shape index (κ1) is 16.5. The molecule has 5 nitrogen and oxygen atoms in total. The molecule has 1 atom stereocenters. The fourth-order valence-electron chi connectivity index (χ4n) is 3.20. The maximum Gasteiger partial charge on any atom is 0.291 e. The molecule has 0 aliphatic carbocycles. The Morgan fingerprint density at radius 1 is 0.958 bits per heavy atom. The SMILES string of the molecule is O=C(N[C@H](C(=O)c1ccccc1)[NH+]1CCCCCC1)c1ccco1. The van der Waals surface area contributed by atoms with Crippen molar-refractivity contribution in [3.63, 3.8) is 0 Å². The molecule has 0 bridgehead atoms. The molecule has 1 amide bonds. The number of furan rings is 1. The van der Waals surface area contributed by atoms with Gasteiger partial charge in [0.25, 0.3) is 5.91 Å². The van der Waals surface area contributed by atoms with Gasteiger partial charge in [-0.1, -0.05) is 30.3 Å². The highest BCUT2D eigenvalue weighted by Gasteiger charge is 2.33. The van der Waals surface area contributed by atoms with Crippen LogP contribution in [0.1, 0.15) is 46.6 Å². The minimum atomic E-state index is -0.580. The summed E-state index contributed by atoms with van der Waals surface area (Å²) in [4.78, 5) is 26.5. The monoisotopic (exact) mass is 327 g/mol. The van der Waals surface area contributed by atoms with Crippen LogP contribution in [0.4, 0.5) is 0 Å². The summed E-state index contributed by atoms with van der Waals surface area (Å²) >= 11 is 0. The van der Waals surface area contributed by atoms with Gasteiger partial charge in [-0.25, -0.2) is 0 Å². The van der Waals surface area contributed by atoms with Gasteiger partial charge in [0.1, 0.15) is 0 Å². The van der Waals surface area contributed by atoms with Crippen molar-refractivity contribution in [2.75, 3.05) is 13.1 Å². The van der Waals surface area contributed by atoms with E-state index in [0.717, 1.165) is 30.8 Å². The van der Waals surface area contributed by atoms with Gasteiger partial charge in [-0.15, -0.1) is 0 Å². The van der Waals surface area contributed by atoms with E-state index >= 15 is 0 Å². The zero-order valence-corrected chi connectivity index (χ0v) is 13.7. The summed E-state index contributed by atoms with van der Waals surface area (Å²) in [6, 6.07) is 12.4. The van der Waals surface area contributed by atoms with E-state index < -0.39 is 6.17 Å². The molecule has 2 aromatic rings. The van der Waals surface area contributed by atoms with Gasteiger partial charge >= 0.3 is 0 Å². The number of likely N-dealkylation sites (tertiary alicyclic amines) is 1. The van der Waals surface area contributed by atoms with Crippen LogP contribution in [-0.4, -0.2) is 30.9 Å². The van der Waals surface area contributed by atoms with Crippen LogP contribution in [0.15, 0.2) is 53.1 Å². The van der Waals surface area contributed by atoms with E-state index in [2.05, 4.69) is 5.32 Å². The lowest BCUT2D eigenvalue weighted by Gasteiger charge is -2.26. The quantitative estimate of drug-likeness (QED) is 0.821. The molecule has 1 aliphatic heterocycles. The van der Waals surface area contributed by atoms with E-state index in [-0.39, 0.29) is 17.5 Å². The number of carbonyl (C=O) groups is 2. The second kappa shape index (κ2) is 7.93. The first-order valence-electron chi connectivity index (χ1n) is 8.54. The third kappa shape index (κ3) is 3.92. The van der Waals surface area contributed by atoms with E-state index in [9.17, 15) is 9.59 Å². The molecular weight excluding hydrogens is 304 g/mol. The minimum Gasteiger partial charge on any atom is -0.459 e. The lowest BCUT2D eigenvalue weighted by Crippen LogP contribution is -3.18. The molecule has 1 saturated heterocycles. The number of benzene rings is 1. The standard InChI is InChI=1S/C19H22N2O3/c22-17(15-9-4-3-5-10-15)18(21-12-6-1-2-7-13-21)20-19(23)16-11-8-14-24-16/h3-5,8-11,14,18H,1-2,6-7,12-13H2,(H,20,23)/p+1/t18-/m0/s1. The predicted octanol–water partition coefficient (Wildman–Crippen LogP) is 1.68. The van der Waals surface area contributed by atoms with Crippen LogP contribution in [0.3, 0.4) is 0 Å². The molecule has 0 radical (unpaired) electrons. The van der Waals surface area contributed by atoms with E-state index in [1.54, 1.807) is 24.3 Å². The Balaban J connectivity index is 1.82. The van der Waals surface area contributed by atoms with Crippen LogP contribution in [0.5, 0.6) is 0 Å². The summed E-state index contributed by atoms with van der Waals surface area (Å²) in [6.07, 6.45) is 5.39. The molecule has 1 aromatic carbocycles. The van der Waals surface area contributed by atoms with Crippen molar-refractivity contribution in [2.24, 2.45) is 0 Å². The van der Waals surface area contributed by atoms with Gasteiger partial charge in [-0.3, -0.25) is 14.9 Å². The molecule has 24 heavy (non-hydrogen) atoms. The van der Waals surface area contributed by atoms with Crippen molar-refractivity contribution >= 4 is 11.7 Å². The van der Waals surface area contributed by atoms with Crippen molar-refractivity contribution in [1.29, 1.82) is 0 Å². The molecule has 1 aromatic heterocycles. The van der Waals surface area contributed by atoms with Crippen molar-refractivity contribution in [2.45, 2.75) is 31.8 Å². The Labute approximate surface area is 141 Å². The molecule has 0 saturated carbocycles. The number of ketones is 1. The Morgan fingerprint density at radius 2 is 1.67 bits per heavy atom. The van der Waals surface area contributed by atoms with Gasteiger partial charge in [0.05, 0.1) is 19.4 Å². The molecule has 0 unspecified atom stereocenters. The first-order valence-corrected chi connectivity index (χ1v) is 8.54. The van der Waals surface area contributed by atoms with E-state index in [4.69, 9.17) is 4.42 Å². The molecule has 2 heterocycles. The highest BCUT2D eigenvalue weighted by atomic mass is 16.3.